The first-order valence-electron chi connectivity index (χ1n) is 6.35. The lowest BCUT2D eigenvalue weighted by atomic mass is 10.1. The van der Waals surface area contributed by atoms with Crippen molar-refractivity contribution >= 4 is 21.9 Å². The van der Waals surface area contributed by atoms with Gasteiger partial charge in [0.05, 0.1) is 11.4 Å². The molecule has 1 aromatic heterocycles. The summed E-state index contributed by atoms with van der Waals surface area (Å²) in [6.45, 7) is 1.53. The third-order valence-electron chi connectivity index (χ3n) is 3.53. The lowest BCUT2D eigenvalue weighted by molar-refractivity contribution is 0.0687. The van der Waals surface area contributed by atoms with Gasteiger partial charge in [0, 0.05) is 29.5 Å². The van der Waals surface area contributed by atoms with Crippen LogP contribution in [-0.2, 0) is 13.0 Å². The molecule has 20 heavy (non-hydrogen) atoms. The van der Waals surface area contributed by atoms with Crippen molar-refractivity contribution < 1.29 is 9.90 Å². The van der Waals surface area contributed by atoms with Crippen LogP contribution in [0.1, 0.15) is 21.7 Å². The average molecular weight is 336 g/mol. The third kappa shape index (κ3) is 2.14. The highest BCUT2D eigenvalue weighted by atomic mass is 79.9. The zero-order chi connectivity index (χ0) is 14.3. The molecule has 0 bridgehead atoms. The van der Waals surface area contributed by atoms with E-state index in [1.54, 1.807) is 4.68 Å². The molecule has 0 unspecified atom stereocenters. The van der Waals surface area contributed by atoms with Gasteiger partial charge in [0.1, 0.15) is 0 Å². The maximum Gasteiger partial charge on any atom is 0.356 e. The molecule has 2 aromatic rings. The Morgan fingerprint density at radius 2 is 2.15 bits per heavy atom. The van der Waals surface area contributed by atoms with Gasteiger partial charge in [0.2, 0.25) is 0 Å². The van der Waals surface area contributed by atoms with Gasteiger partial charge in [-0.1, -0.05) is 12.1 Å². The number of carboxylic acid groups (broad SMARTS) is 1. The van der Waals surface area contributed by atoms with Crippen LogP contribution in [0.3, 0.4) is 0 Å². The van der Waals surface area contributed by atoms with Crippen molar-refractivity contribution in [3.8, 4) is 5.69 Å². The summed E-state index contributed by atoms with van der Waals surface area (Å²) in [5.41, 5.74) is 2.84. The van der Waals surface area contributed by atoms with E-state index in [-0.39, 0.29) is 5.69 Å². The maximum absolute atomic E-state index is 11.4. The molecule has 2 heterocycles. The van der Waals surface area contributed by atoms with Crippen molar-refractivity contribution in [2.75, 3.05) is 13.6 Å². The van der Waals surface area contributed by atoms with Gasteiger partial charge in [-0.2, -0.15) is 5.10 Å². The number of hydrogen-bond acceptors (Lipinski definition) is 3. The van der Waals surface area contributed by atoms with Crippen LogP contribution in [-0.4, -0.2) is 39.3 Å². The summed E-state index contributed by atoms with van der Waals surface area (Å²) in [5.74, 6) is -0.970. The number of aromatic nitrogens is 2. The Hall–Kier alpha value is -1.66. The van der Waals surface area contributed by atoms with Crippen molar-refractivity contribution in [3.05, 3.63) is 45.7 Å². The standard InChI is InChI=1S/C14H14BrN3O2/c1-17-7-6-11-9(8-17)13(14(19)20)16-18(11)12-5-3-2-4-10(12)15/h2-5H,6-8H2,1H3,(H,19,20). The Kier molecular flexibility index (Phi) is 3.35. The number of rotatable bonds is 2. The second-order valence-corrected chi connectivity index (χ2v) is 5.78. The monoisotopic (exact) mass is 335 g/mol. The molecule has 1 aromatic carbocycles. The van der Waals surface area contributed by atoms with Gasteiger partial charge in [-0.3, -0.25) is 0 Å². The number of carboxylic acids is 1. The Morgan fingerprint density at radius 1 is 1.40 bits per heavy atom. The van der Waals surface area contributed by atoms with Crippen LogP contribution in [0.5, 0.6) is 0 Å². The quantitative estimate of drug-likeness (QED) is 0.914. The summed E-state index contributed by atoms with van der Waals surface area (Å²) in [6, 6.07) is 7.71. The Labute approximate surface area is 124 Å². The number of halogens is 1. The number of likely N-dealkylation sites (N-methyl/N-ethyl adjacent to an activating group) is 1. The minimum atomic E-state index is -0.970. The number of nitrogens with zero attached hydrogens (tertiary/aromatic N) is 3. The summed E-state index contributed by atoms with van der Waals surface area (Å²) in [4.78, 5) is 13.5. The number of benzene rings is 1. The van der Waals surface area contributed by atoms with Crippen LogP contribution < -0.4 is 0 Å². The number of fused-ring (bicyclic) bond motifs is 1. The summed E-state index contributed by atoms with van der Waals surface area (Å²) < 4.78 is 2.66. The highest BCUT2D eigenvalue weighted by molar-refractivity contribution is 9.10. The van der Waals surface area contributed by atoms with Crippen LogP contribution in [0.4, 0.5) is 0 Å². The lowest BCUT2D eigenvalue weighted by Crippen LogP contribution is -2.28. The third-order valence-corrected chi connectivity index (χ3v) is 4.20. The molecule has 0 atom stereocenters. The molecule has 0 aliphatic carbocycles. The number of para-hydroxylation sites is 1. The van der Waals surface area contributed by atoms with Crippen LogP contribution in [0, 0.1) is 0 Å². The van der Waals surface area contributed by atoms with E-state index in [1.807, 2.05) is 31.3 Å². The predicted molar refractivity (Wildman–Crippen MR) is 78.3 cm³/mol. The minimum Gasteiger partial charge on any atom is -0.476 e. The molecular weight excluding hydrogens is 322 g/mol. The van der Waals surface area contributed by atoms with Gasteiger partial charge in [0.15, 0.2) is 5.69 Å². The van der Waals surface area contributed by atoms with Gasteiger partial charge >= 0.3 is 5.97 Å². The van der Waals surface area contributed by atoms with Crippen molar-refractivity contribution in [1.82, 2.24) is 14.7 Å². The lowest BCUT2D eigenvalue weighted by Gasteiger charge is -2.23. The van der Waals surface area contributed by atoms with E-state index in [9.17, 15) is 9.90 Å². The molecule has 0 radical (unpaired) electrons. The Balaban J connectivity index is 2.20. The van der Waals surface area contributed by atoms with E-state index in [0.29, 0.717) is 6.54 Å². The molecule has 0 amide bonds. The van der Waals surface area contributed by atoms with Gasteiger partial charge in [-0.25, -0.2) is 9.48 Å². The van der Waals surface area contributed by atoms with Crippen molar-refractivity contribution in [2.24, 2.45) is 0 Å². The van der Waals surface area contributed by atoms with Crippen LogP contribution in [0.25, 0.3) is 5.69 Å². The molecule has 3 rings (SSSR count). The average Bonchev–Trinajstić information content (AvgIpc) is 2.78. The second-order valence-electron chi connectivity index (χ2n) is 4.93. The van der Waals surface area contributed by atoms with Gasteiger partial charge < -0.3 is 10.0 Å². The maximum atomic E-state index is 11.4. The van der Waals surface area contributed by atoms with Crippen molar-refractivity contribution in [3.63, 3.8) is 0 Å². The second kappa shape index (κ2) is 5.03. The van der Waals surface area contributed by atoms with Crippen LogP contribution in [0.2, 0.25) is 0 Å². The molecule has 1 N–H and O–H groups in total. The fourth-order valence-corrected chi connectivity index (χ4v) is 3.00. The topological polar surface area (TPSA) is 58.4 Å². The van der Waals surface area contributed by atoms with E-state index in [2.05, 4.69) is 25.9 Å². The van der Waals surface area contributed by atoms with Crippen LogP contribution >= 0.6 is 15.9 Å². The highest BCUT2D eigenvalue weighted by Crippen LogP contribution is 2.28. The van der Waals surface area contributed by atoms with E-state index < -0.39 is 5.97 Å². The minimum absolute atomic E-state index is 0.155. The molecule has 0 spiro atoms. The first-order valence-corrected chi connectivity index (χ1v) is 7.14. The number of hydrogen-bond donors (Lipinski definition) is 1. The molecular formula is C14H14BrN3O2. The molecule has 6 heteroatoms. The summed E-state index contributed by atoms with van der Waals surface area (Å²) in [5, 5.41) is 13.7. The molecule has 0 saturated carbocycles. The first kappa shape index (κ1) is 13.3. The largest absolute Gasteiger partial charge is 0.476 e. The van der Waals surface area contributed by atoms with Gasteiger partial charge in [-0.05, 0) is 35.1 Å². The van der Waals surface area contributed by atoms with E-state index in [0.717, 1.165) is 34.4 Å². The zero-order valence-electron chi connectivity index (χ0n) is 11.0. The van der Waals surface area contributed by atoms with Crippen molar-refractivity contribution in [1.29, 1.82) is 0 Å². The fraction of sp³-hybridized carbons (Fsp3) is 0.286. The summed E-state index contributed by atoms with van der Waals surface area (Å²) >= 11 is 3.50. The molecule has 1 aliphatic rings. The van der Waals surface area contributed by atoms with E-state index >= 15 is 0 Å². The van der Waals surface area contributed by atoms with Gasteiger partial charge in [-0.15, -0.1) is 0 Å². The van der Waals surface area contributed by atoms with Crippen molar-refractivity contribution in [2.45, 2.75) is 13.0 Å². The first-order chi connectivity index (χ1) is 9.58. The predicted octanol–water partition coefficient (Wildman–Crippen LogP) is 2.32. The fourth-order valence-electron chi connectivity index (χ4n) is 2.55. The van der Waals surface area contributed by atoms with Crippen LogP contribution in [0.15, 0.2) is 28.7 Å². The number of carbonyl (C=O) groups is 1. The summed E-state index contributed by atoms with van der Waals surface area (Å²) in [6.07, 6.45) is 0.799. The van der Waals surface area contributed by atoms with Gasteiger partial charge in [0.25, 0.3) is 0 Å². The Bertz CT molecular complexity index is 681. The zero-order valence-corrected chi connectivity index (χ0v) is 12.6. The molecule has 104 valence electrons. The van der Waals surface area contributed by atoms with E-state index in [4.69, 9.17) is 0 Å². The molecule has 1 aliphatic heterocycles. The highest BCUT2D eigenvalue weighted by Gasteiger charge is 2.27. The SMILES string of the molecule is CN1CCc2c(c(C(=O)O)nn2-c2ccccc2Br)C1. The molecule has 0 fully saturated rings. The van der Waals surface area contributed by atoms with E-state index in [1.165, 1.54) is 0 Å². The number of aromatic carboxylic acids is 1. The summed E-state index contributed by atoms with van der Waals surface area (Å²) in [7, 11) is 1.99. The smallest absolute Gasteiger partial charge is 0.356 e. The normalized spacial score (nSPS) is 15.1. The Morgan fingerprint density at radius 3 is 2.85 bits per heavy atom. The molecule has 0 saturated heterocycles. The molecule has 5 nitrogen and oxygen atoms in total.